The molecule has 3 aromatic carbocycles. The molecule has 1 aliphatic rings. The minimum atomic E-state index is 0.115. The van der Waals surface area contributed by atoms with E-state index in [9.17, 15) is 4.79 Å². The molecule has 4 rings (SSSR count). The van der Waals surface area contributed by atoms with Crippen LogP contribution in [-0.4, -0.2) is 50.7 Å². The number of anilines is 1. The molecule has 35 heavy (non-hydrogen) atoms. The van der Waals surface area contributed by atoms with Gasteiger partial charge in [-0.25, -0.2) is 0 Å². The number of amides is 1. The number of benzene rings is 3. The van der Waals surface area contributed by atoms with Crippen LogP contribution in [0.1, 0.15) is 18.1 Å². The van der Waals surface area contributed by atoms with E-state index in [1.807, 2.05) is 35.2 Å². The lowest BCUT2D eigenvalue weighted by molar-refractivity contribution is -0.132. The van der Waals surface area contributed by atoms with Crippen molar-refractivity contribution in [3.63, 3.8) is 0 Å². The van der Waals surface area contributed by atoms with Crippen molar-refractivity contribution in [1.29, 1.82) is 0 Å². The Labute approximate surface area is 212 Å². The first kappa shape index (κ1) is 24.8. The Hall–Kier alpha value is -3.32. The molecule has 1 aliphatic heterocycles. The summed E-state index contributed by atoms with van der Waals surface area (Å²) in [5, 5.41) is 0. The van der Waals surface area contributed by atoms with E-state index in [-0.39, 0.29) is 11.9 Å². The number of carbonyl (C=O) groups is 1. The van der Waals surface area contributed by atoms with Gasteiger partial charge in [-0.1, -0.05) is 23.8 Å². The summed E-state index contributed by atoms with van der Waals surface area (Å²) in [6, 6.07) is 22.2. The van der Waals surface area contributed by atoms with Crippen LogP contribution in [0.5, 0.6) is 17.2 Å². The van der Waals surface area contributed by atoms with Gasteiger partial charge in [-0.3, -0.25) is 4.79 Å². The molecule has 3 aromatic rings. The number of ether oxygens (including phenoxy) is 2. The number of methoxy groups -OCH3 is 2. The molecule has 1 atom stereocenters. The van der Waals surface area contributed by atoms with Crippen molar-refractivity contribution in [3.8, 4) is 17.2 Å². The summed E-state index contributed by atoms with van der Waals surface area (Å²) in [5.74, 6) is 2.24. The predicted molar refractivity (Wildman–Crippen MR) is 141 cm³/mol. The molecule has 0 aliphatic carbocycles. The van der Waals surface area contributed by atoms with E-state index >= 15 is 0 Å². The maximum Gasteiger partial charge on any atom is 0.227 e. The molecule has 0 N–H and O–H groups in total. The Morgan fingerprint density at radius 2 is 1.66 bits per heavy atom. The summed E-state index contributed by atoms with van der Waals surface area (Å²) in [5.41, 5.74) is 3.29. The van der Waals surface area contributed by atoms with Crippen LogP contribution in [0.3, 0.4) is 0 Å². The number of rotatable bonds is 8. The van der Waals surface area contributed by atoms with Crippen molar-refractivity contribution in [1.82, 2.24) is 4.90 Å². The Morgan fingerprint density at radius 1 is 0.943 bits per heavy atom. The Morgan fingerprint density at radius 3 is 2.31 bits per heavy atom. The zero-order valence-corrected chi connectivity index (χ0v) is 21.5. The van der Waals surface area contributed by atoms with Crippen molar-refractivity contribution < 1.29 is 18.5 Å². The summed E-state index contributed by atoms with van der Waals surface area (Å²) < 4.78 is 16.5. The summed E-state index contributed by atoms with van der Waals surface area (Å²) in [7, 11) is 3.21. The van der Waals surface area contributed by atoms with Crippen molar-refractivity contribution >= 4 is 23.6 Å². The van der Waals surface area contributed by atoms with E-state index in [1.54, 1.807) is 14.2 Å². The lowest BCUT2D eigenvalue weighted by Gasteiger charge is -2.41. The van der Waals surface area contributed by atoms with Gasteiger partial charge < -0.3 is 23.5 Å². The highest BCUT2D eigenvalue weighted by Crippen LogP contribution is 2.29. The molecule has 1 unspecified atom stereocenters. The Kier molecular flexibility index (Phi) is 8.08. The highest BCUT2D eigenvalue weighted by molar-refractivity contribution is 7.95. The number of nitrogens with zero attached hydrogens (tertiary/aromatic N) is 2. The fraction of sp³-hybridized carbons (Fsp3) is 0.321. The Bertz CT molecular complexity index is 1130. The average molecular weight is 493 g/mol. The van der Waals surface area contributed by atoms with Gasteiger partial charge in [0.2, 0.25) is 5.91 Å². The summed E-state index contributed by atoms with van der Waals surface area (Å²) in [6.45, 7) is 6.45. The molecule has 1 fully saturated rings. The monoisotopic (exact) mass is 492 g/mol. The first-order chi connectivity index (χ1) is 17.0. The number of hydrogen-bond acceptors (Lipinski definition) is 6. The van der Waals surface area contributed by atoms with Crippen LogP contribution < -0.4 is 18.6 Å². The minimum Gasteiger partial charge on any atom is -0.493 e. The minimum absolute atomic E-state index is 0.115. The molecule has 0 aromatic heterocycles. The fourth-order valence-corrected chi connectivity index (χ4v) is 4.78. The zero-order chi connectivity index (χ0) is 24.8. The van der Waals surface area contributed by atoms with Crippen LogP contribution in [0.25, 0.3) is 0 Å². The molecule has 1 heterocycles. The normalized spacial score (nSPS) is 15.6. The fourth-order valence-electron chi connectivity index (χ4n) is 4.23. The standard InChI is InChI=1S/C28H32N2O4S/c1-20-5-12-25(13-6-20)35-34-24-10-8-23(9-11-24)29-15-16-30(21(2)19-29)28(31)18-22-7-14-26(32-3)27(17-22)33-4/h5-14,17,21H,15-16,18-19H2,1-4H3. The smallest absolute Gasteiger partial charge is 0.227 e. The van der Waals surface area contributed by atoms with Crippen LogP contribution in [0.15, 0.2) is 71.6 Å². The second-order valence-corrected chi connectivity index (χ2v) is 9.53. The Balaban J connectivity index is 1.31. The van der Waals surface area contributed by atoms with Gasteiger partial charge in [0.25, 0.3) is 0 Å². The highest BCUT2D eigenvalue weighted by Gasteiger charge is 2.27. The van der Waals surface area contributed by atoms with Crippen molar-refractivity contribution in [2.24, 2.45) is 0 Å². The topological polar surface area (TPSA) is 51.2 Å². The van der Waals surface area contributed by atoms with E-state index in [0.717, 1.165) is 35.0 Å². The van der Waals surface area contributed by atoms with Gasteiger partial charge in [0.15, 0.2) is 11.5 Å². The SMILES string of the molecule is COc1ccc(CC(=O)N2CCN(c3ccc(OSc4ccc(C)cc4)cc3)CC2C)cc1OC. The summed E-state index contributed by atoms with van der Waals surface area (Å²) in [4.78, 5) is 18.4. The molecule has 6 nitrogen and oxygen atoms in total. The van der Waals surface area contributed by atoms with Gasteiger partial charge in [-0.2, -0.15) is 0 Å². The highest BCUT2D eigenvalue weighted by atomic mass is 32.2. The number of hydrogen-bond donors (Lipinski definition) is 0. The third-order valence-corrected chi connectivity index (χ3v) is 6.95. The molecule has 1 amide bonds. The molecule has 0 radical (unpaired) electrons. The van der Waals surface area contributed by atoms with E-state index in [2.05, 4.69) is 55.1 Å². The van der Waals surface area contributed by atoms with Crippen LogP contribution >= 0.6 is 12.0 Å². The van der Waals surface area contributed by atoms with Crippen LogP contribution in [0.2, 0.25) is 0 Å². The van der Waals surface area contributed by atoms with E-state index in [0.29, 0.717) is 24.5 Å². The summed E-state index contributed by atoms with van der Waals surface area (Å²) in [6.07, 6.45) is 0.343. The second-order valence-electron chi connectivity index (χ2n) is 8.72. The lowest BCUT2D eigenvalue weighted by atomic mass is 10.1. The van der Waals surface area contributed by atoms with Crippen molar-refractivity contribution in [3.05, 3.63) is 77.9 Å². The molecular weight excluding hydrogens is 460 g/mol. The van der Waals surface area contributed by atoms with Crippen molar-refractivity contribution in [2.45, 2.75) is 31.2 Å². The summed E-state index contributed by atoms with van der Waals surface area (Å²) >= 11 is 1.36. The molecular formula is C28H32N2O4S. The number of piperazine rings is 1. The van der Waals surface area contributed by atoms with Crippen LogP contribution in [-0.2, 0) is 11.2 Å². The molecule has 0 bridgehead atoms. The molecule has 0 saturated carbocycles. The first-order valence-corrected chi connectivity index (χ1v) is 12.5. The lowest BCUT2D eigenvalue weighted by Crippen LogP contribution is -2.54. The van der Waals surface area contributed by atoms with Gasteiger partial charge in [0, 0.05) is 36.3 Å². The van der Waals surface area contributed by atoms with Crippen molar-refractivity contribution in [2.75, 3.05) is 38.8 Å². The van der Waals surface area contributed by atoms with Crippen LogP contribution in [0, 0.1) is 6.92 Å². The first-order valence-electron chi connectivity index (χ1n) is 11.7. The van der Waals surface area contributed by atoms with Crippen LogP contribution in [0.4, 0.5) is 5.69 Å². The quantitative estimate of drug-likeness (QED) is 0.394. The van der Waals surface area contributed by atoms with Gasteiger partial charge in [-0.05, 0) is 67.9 Å². The van der Waals surface area contributed by atoms with E-state index in [1.165, 1.54) is 17.6 Å². The average Bonchev–Trinajstić information content (AvgIpc) is 2.88. The van der Waals surface area contributed by atoms with Gasteiger partial charge >= 0.3 is 0 Å². The molecule has 0 spiro atoms. The largest absolute Gasteiger partial charge is 0.493 e. The second kappa shape index (κ2) is 11.4. The van der Waals surface area contributed by atoms with Gasteiger partial charge in [0.1, 0.15) is 5.75 Å². The maximum absolute atomic E-state index is 13.0. The molecule has 7 heteroatoms. The third-order valence-electron chi connectivity index (χ3n) is 6.21. The number of aryl methyl sites for hydroxylation is 1. The molecule has 184 valence electrons. The predicted octanol–water partition coefficient (Wildman–Crippen LogP) is 5.38. The third kappa shape index (κ3) is 6.22. The van der Waals surface area contributed by atoms with E-state index in [4.69, 9.17) is 13.7 Å². The number of carbonyl (C=O) groups excluding carboxylic acids is 1. The van der Waals surface area contributed by atoms with E-state index < -0.39 is 0 Å². The van der Waals surface area contributed by atoms with Gasteiger partial charge in [-0.15, -0.1) is 0 Å². The molecule has 1 saturated heterocycles. The maximum atomic E-state index is 13.0. The van der Waals surface area contributed by atoms with Gasteiger partial charge in [0.05, 0.1) is 32.7 Å². The zero-order valence-electron chi connectivity index (χ0n) is 20.7.